The van der Waals surface area contributed by atoms with Gasteiger partial charge in [-0.1, -0.05) is 6.07 Å². The molecule has 15 heteroatoms. The molecule has 4 fully saturated rings. The van der Waals surface area contributed by atoms with E-state index in [1.54, 1.807) is 29.3 Å². The predicted octanol–water partition coefficient (Wildman–Crippen LogP) is 4.64. The van der Waals surface area contributed by atoms with Crippen LogP contribution in [0.15, 0.2) is 59.0 Å². The van der Waals surface area contributed by atoms with E-state index in [2.05, 4.69) is 46.0 Å². The van der Waals surface area contributed by atoms with Crippen LogP contribution in [0.25, 0.3) is 11.1 Å². The van der Waals surface area contributed by atoms with Crippen molar-refractivity contribution in [1.29, 1.82) is 5.26 Å². The molecule has 2 unspecified atom stereocenters. The summed E-state index contributed by atoms with van der Waals surface area (Å²) in [5.41, 5.74) is 8.89. The van der Waals surface area contributed by atoms with Crippen LogP contribution in [0.1, 0.15) is 62.7 Å². The van der Waals surface area contributed by atoms with E-state index < -0.39 is 0 Å². The van der Waals surface area contributed by atoms with E-state index in [0.717, 1.165) is 55.7 Å². The van der Waals surface area contributed by atoms with Gasteiger partial charge in [-0.25, -0.2) is 15.0 Å². The minimum absolute atomic E-state index is 0.274. The lowest BCUT2D eigenvalue weighted by Crippen LogP contribution is -2.50. The SMILES string of the molecule is C[C@@H](CN=CN=CN)Oc1cc(-c2cnc(Nc3cn(C4CCC(N5CC6CCC5COC6)CC4)nc3OCc3ccnn3C)nc2)ccc1C#N. The topological polar surface area (TPSA) is 179 Å². The van der Waals surface area contributed by atoms with Gasteiger partial charge in [-0.15, -0.1) is 5.10 Å². The normalized spacial score (nSPS) is 22.7. The van der Waals surface area contributed by atoms with E-state index in [0.29, 0.717) is 60.0 Å². The van der Waals surface area contributed by atoms with Gasteiger partial charge >= 0.3 is 0 Å². The van der Waals surface area contributed by atoms with E-state index >= 15 is 0 Å². The number of fused-ring (bicyclic) bond motifs is 4. The second-order valence-corrected chi connectivity index (χ2v) is 13.8. The fourth-order valence-corrected chi connectivity index (χ4v) is 7.45. The Morgan fingerprint density at radius 1 is 1.08 bits per heavy atom. The van der Waals surface area contributed by atoms with Crippen molar-refractivity contribution in [1.82, 2.24) is 34.4 Å². The summed E-state index contributed by atoms with van der Waals surface area (Å²) in [6.45, 7) is 5.50. The van der Waals surface area contributed by atoms with E-state index in [1.807, 2.05) is 38.4 Å². The van der Waals surface area contributed by atoms with Crippen molar-refractivity contribution in [2.24, 2.45) is 28.7 Å². The van der Waals surface area contributed by atoms with Gasteiger partial charge in [-0.05, 0) is 75.1 Å². The summed E-state index contributed by atoms with van der Waals surface area (Å²) >= 11 is 0. The van der Waals surface area contributed by atoms with Crippen LogP contribution in [0.2, 0.25) is 0 Å². The molecule has 0 spiro atoms. The van der Waals surface area contributed by atoms with Gasteiger partial charge in [-0.3, -0.25) is 19.3 Å². The second kappa shape index (κ2) is 16.3. The van der Waals surface area contributed by atoms with Crippen molar-refractivity contribution in [3.8, 4) is 28.8 Å². The molecule has 4 aromatic rings. The van der Waals surface area contributed by atoms with Crippen LogP contribution in [0.4, 0.5) is 11.6 Å². The molecule has 0 radical (unpaired) electrons. The lowest BCUT2D eigenvalue weighted by Gasteiger charge is -2.43. The Hall–Kier alpha value is -5.33. The standard InChI is InChI=1S/C37H46N12O3/c1-25(15-40-24-41-23-39)52-35-13-27(4-5-28(35)14-38)29-16-42-37(43-17-29)45-34-19-49(46-36(34)51-22-32-11-12-44-47(32)2)31-9-7-30(8-10-31)48-18-26-3-6-33(48)21-50-20-26/h4-5,11-13,16-17,19,23-26,30-31,33H,3,6-10,15,18,20-22H2,1-2H3,(H2,39,40,41)(H,42,43,45)/t25-,26?,30?,31?,33?/m0/s1. The number of benzene rings is 1. The monoisotopic (exact) mass is 706 g/mol. The zero-order chi connectivity index (χ0) is 35.9. The second-order valence-electron chi connectivity index (χ2n) is 13.8. The van der Waals surface area contributed by atoms with Crippen LogP contribution < -0.4 is 20.5 Å². The highest BCUT2D eigenvalue weighted by atomic mass is 16.5. The van der Waals surface area contributed by atoms with E-state index in [1.165, 1.54) is 32.1 Å². The third kappa shape index (κ3) is 8.24. The zero-order valence-electron chi connectivity index (χ0n) is 29.7. The lowest BCUT2D eigenvalue weighted by molar-refractivity contribution is 0.0459. The van der Waals surface area contributed by atoms with E-state index in [4.69, 9.17) is 25.0 Å². The van der Waals surface area contributed by atoms with Gasteiger partial charge in [0.15, 0.2) is 0 Å². The summed E-state index contributed by atoms with van der Waals surface area (Å²) in [7, 11) is 1.89. The molecule has 6 heterocycles. The number of hydrogen-bond acceptors (Lipinski definition) is 11. The van der Waals surface area contributed by atoms with Gasteiger partial charge in [-0.2, -0.15) is 10.4 Å². The third-order valence-electron chi connectivity index (χ3n) is 10.3. The first-order chi connectivity index (χ1) is 25.5. The highest BCUT2D eigenvalue weighted by molar-refractivity contribution is 5.69. The molecule has 3 aliphatic heterocycles. The summed E-state index contributed by atoms with van der Waals surface area (Å²) in [6.07, 6.45) is 16.4. The molecule has 4 aliphatic rings. The molecular weight excluding hydrogens is 660 g/mol. The van der Waals surface area contributed by atoms with Crippen LogP contribution in [-0.4, -0.2) is 91.6 Å². The number of ether oxygens (including phenoxy) is 3. The number of piperidine rings is 1. The minimum atomic E-state index is -0.288. The molecule has 272 valence electrons. The smallest absolute Gasteiger partial charge is 0.257 e. The maximum Gasteiger partial charge on any atom is 0.257 e. The summed E-state index contributed by atoms with van der Waals surface area (Å²) in [6, 6.07) is 11.0. The third-order valence-corrected chi connectivity index (χ3v) is 10.3. The van der Waals surface area contributed by atoms with Crippen LogP contribution >= 0.6 is 0 Å². The number of rotatable bonds is 13. The van der Waals surface area contributed by atoms with Gasteiger partial charge in [0.25, 0.3) is 5.88 Å². The maximum absolute atomic E-state index is 9.67. The number of nitrogens with two attached hydrogens (primary N) is 1. The molecule has 3 aromatic heterocycles. The summed E-state index contributed by atoms with van der Waals surface area (Å²) < 4.78 is 22.1. The number of anilines is 2. The van der Waals surface area contributed by atoms with Crippen molar-refractivity contribution in [3.05, 3.63) is 60.3 Å². The largest absolute Gasteiger partial charge is 0.487 e. The molecule has 15 nitrogen and oxygen atoms in total. The lowest BCUT2D eigenvalue weighted by atomic mass is 9.86. The predicted molar refractivity (Wildman–Crippen MR) is 197 cm³/mol. The van der Waals surface area contributed by atoms with Crippen LogP contribution in [-0.2, 0) is 18.4 Å². The molecule has 3 saturated heterocycles. The molecule has 1 aromatic carbocycles. The molecule has 2 bridgehead atoms. The first kappa shape index (κ1) is 35.1. The molecule has 0 amide bonds. The van der Waals surface area contributed by atoms with Crippen LogP contribution in [0.5, 0.6) is 11.6 Å². The Morgan fingerprint density at radius 2 is 1.88 bits per heavy atom. The fraction of sp³-hybridized carbons (Fsp3) is 0.486. The molecule has 3 atom stereocenters. The van der Waals surface area contributed by atoms with Crippen molar-refractivity contribution in [2.75, 3.05) is 31.6 Å². The molecule has 1 saturated carbocycles. The number of aliphatic imine (C=N–C) groups is 2. The highest BCUT2D eigenvalue weighted by Crippen LogP contribution is 2.38. The molecule has 1 aliphatic carbocycles. The first-order valence-corrected chi connectivity index (χ1v) is 18.0. The van der Waals surface area contributed by atoms with Gasteiger partial charge in [0, 0.05) is 49.8 Å². The number of nitrogens with zero attached hydrogens (tertiary/aromatic N) is 10. The molecule has 8 rings (SSSR count). The number of aromatic nitrogens is 6. The van der Waals surface area contributed by atoms with E-state index in [9.17, 15) is 5.26 Å². The molecule has 52 heavy (non-hydrogen) atoms. The van der Waals surface area contributed by atoms with Crippen LogP contribution in [0.3, 0.4) is 0 Å². The molecule has 3 N–H and O–H groups in total. The average molecular weight is 707 g/mol. The van der Waals surface area contributed by atoms with Gasteiger partial charge in [0.2, 0.25) is 5.95 Å². The maximum atomic E-state index is 9.67. The van der Waals surface area contributed by atoms with Gasteiger partial charge in [0.1, 0.15) is 36.6 Å². The summed E-state index contributed by atoms with van der Waals surface area (Å²) in [5.74, 6) is 2.02. The highest BCUT2D eigenvalue weighted by Gasteiger charge is 2.38. The quantitative estimate of drug-likeness (QED) is 0.146. The Labute approximate surface area is 303 Å². The van der Waals surface area contributed by atoms with Crippen molar-refractivity contribution in [2.45, 2.75) is 76.3 Å². The number of hydrogen-bond donors (Lipinski definition) is 2. The zero-order valence-corrected chi connectivity index (χ0v) is 29.7. The fourth-order valence-electron chi connectivity index (χ4n) is 7.45. The number of nitriles is 1. The number of aryl methyl sites for hydroxylation is 1. The Kier molecular flexibility index (Phi) is 11.0. The van der Waals surface area contributed by atoms with Crippen molar-refractivity contribution in [3.63, 3.8) is 0 Å². The van der Waals surface area contributed by atoms with Crippen LogP contribution in [0, 0.1) is 17.2 Å². The first-order valence-electron chi connectivity index (χ1n) is 18.0. The number of nitrogens with one attached hydrogen (secondary N) is 1. The Bertz CT molecular complexity index is 1890. The average Bonchev–Trinajstić information content (AvgIpc) is 3.61. The van der Waals surface area contributed by atoms with Crippen molar-refractivity contribution < 1.29 is 14.2 Å². The minimum Gasteiger partial charge on any atom is -0.487 e. The summed E-state index contributed by atoms with van der Waals surface area (Å²) in [5, 5.41) is 22.2. The van der Waals surface area contributed by atoms with E-state index in [-0.39, 0.29) is 12.1 Å². The van der Waals surface area contributed by atoms with Gasteiger partial charge in [0.05, 0.1) is 49.6 Å². The van der Waals surface area contributed by atoms with Gasteiger partial charge < -0.3 is 25.3 Å². The molecular formula is C37H46N12O3. The Morgan fingerprint density at radius 3 is 2.65 bits per heavy atom. The summed E-state index contributed by atoms with van der Waals surface area (Å²) in [4.78, 5) is 19.9. The van der Waals surface area contributed by atoms with Crippen molar-refractivity contribution >= 4 is 24.3 Å². The Balaban J connectivity index is 1.04.